The maximum atomic E-state index is 11.1. The lowest BCUT2D eigenvalue weighted by atomic mass is 10.1. The highest BCUT2D eigenvalue weighted by atomic mass is 35.5. The molecular weight excluding hydrogens is 262 g/mol. The molecule has 1 aliphatic carbocycles. The van der Waals surface area contributed by atoms with Crippen LogP contribution in [0.5, 0.6) is 0 Å². The van der Waals surface area contributed by atoms with Gasteiger partial charge in [-0.05, 0) is 6.08 Å². The number of hydrogen-bond donors (Lipinski definition) is 1. The molecule has 0 amide bonds. The largest absolute Gasteiger partial charge is 0.390 e. The van der Waals surface area contributed by atoms with Crippen LogP contribution >= 0.6 is 12.4 Å². The molecule has 0 saturated carbocycles. The van der Waals surface area contributed by atoms with Crippen molar-refractivity contribution >= 4 is 22.5 Å². The van der Waals surface area contributed by atoms with Gasteiger partial charge in [-0.2, -0.15) is 8.42 Å². The van der Waals surface area contributed by atoms with E-state index in [0.717, 1.165) is 13.2 Å². The van der Waals surface area contributed by atoms with E-state index in [1.807, 2.05) is 0 Å². The Morgan fingerprint density at radius 1 is 1.50 bits per heavy atom. The van der Waals surface area contributed by atoms with Crippen LogP contribution in [0.4, 0.5) is 0 Å². The van der Waals surface area contributed by atoms with Gasteiger partial charge in [0.2, 0.25) is 0 Å². The zero-order valence-corrected chi connectivity index (χ0v) is 9.77. The first-order chi connectivity index (χ1) is 6.86. The van der Waals surface area contributed by atoms with Crippen LogP contribution in [0.25, 0.3) is 0 Å². The Morgan fingerprint density at radius 2 is 2.06 bits per heavy atom. The highest BCUT2D eigenvalue weighted by Crippen LogP contribution is 2.29. The molecule has 0 saturated heterocycles. The van der Waals surface area contributed by atoms with Gasteiger partial charge in [0.15, 0.2) is 6.10 Å². The van der Waals surface area contributed by atoms with Crippen molar-refractivity contribution in [2.45, 2.75) is 11.0 Å². The van der Waals surface area contributed by atoms with Gasteiger partial charge in [-0.1, -0.05) is 12.2 Å². The van der Waals surface area contributed by atoms with Gasteiger partial charge in [0.1, 0.15) is 0 Å². The highest BCUT2D eigenvalue weighted by Gasteiger charge is 2.60. The van der Waals surface area contributed by atoms with Crippen LogP contribution in [0.3, 0.4) is 0 Å². The first kappa shape index (κ1) is 15.0. The van der Waals surface area contributed by atoms with Crippen LogP contribution in [0.1, 0.15) is 0 Å². The molecule has 2 atom stereocenters. The molecule has 92 valence electrons. The number of ether oxygens (including phenoxy) is 1. The molecule has 0 bridgehead atoms. The van der Waals surface area contributed by atoms with Crippen LogP contribution in [0.2, 0.25) is 0 Å². The van der Waals surface area contributed by atoms with E-state index in [-0.39, 0.29) is 12.4 Å². The van der Waals surface area contributed by atoms with Crippen molar-refractivity contribution in [2.24, 2.45) is 0 Å². The second kappa shape index (κ2) is 4.91. The molecule has 1 rings (SSSR count). The Labute approximate surface area is 98.1 Å². The zero-order chi connectivity index (χ0) is 11.7. The number of halogens is 1. The van der Waals surface area contributed by atoms with E-state index in [9.17, 15) is 18.5 Å². The minimum absolute atomic E-state index is 0. The summed E-state index contributed by atoms with van der Waals surface area (Å²) in [5.74, 6) is 0. The molecule has 0 radical (unpaired) electrons. The Bertz CT molecular complexity index is 430. The van der Waals surface area contributed by atoms with E-state index in [4.69, 9.17) is 4.55 Å². The third-order valence-corrected chi connectivity index (χ3v) is 3.44. The third-order valence-electron chi connectivity index (χ3n) is 2.09. The van der Waals surface area contributed by atoms with E-state index >= 15 is 0 Å². The Kier molecular flexibility index (Phi) is 4.62. The van der Waals surface area contributed by atoms with Crippen molar-refractivity contribution in [1.82, 2.24) is 0 Å². The lowest BCUT2D eigenvalue weighted by Gasteiger charge is -2.26. The normalized spacial score (nSPS) is 28.5. The van der Waals surface area contributed by atoms with E-state index in [1.54, 1.807) is 0 Å². The average Bonchev–Trinajstić information content (AvgIpc) is 2.15. The molecule has 0 aromatic carbocycles. The average molecular weight is 272 g/mol. The number of nitrogens with zero attached hydrogens (tertiary/aromatic N) is 1. The van der Waals surface area contributed by atoms with Crippen molar-refractivity contribution in [3.05, 3.63) is 34.4 Å². The summed E-state index contributed by atoms with van der Waals surface area (Å²) in [5, 5.41) is 10.8. The molecule has 0 fully saturated rings. The number of nitro groups is 1. The van der Waals surface area contributed by atoms with Gasteiger partial charge in [-0.3, -0.25) is 14.7 Å². The quantitative estimate of drug-likeness (QED) is 0.453. The minimum Gasteiger partial charge on any atom is -0.368 e. The van der Waals surface area contributed by atoms with E-state index in [1.165, 1.54) is 18.2 Å². The number of methoxy groups -OCH3 is 1. The maximum absolute atomic E-state index is 11.1. The van der Waals surface area contributed by atoms with Crippen molar-refractivity contribution in [2.75, 3.05) is 7.11 Å². The maximum Gasteiger partial charge on any atom is 0.390 e. The second-order valence-corrected chi connectivity index (χ2v) is 4.49. The van der Waals surface area contributed by atoms with Crippen molar-refractivity contribution in [1.29, 1.82) is 0 Å². The Morgan fingerprint density at radius 3 is 2.38 bits per heavy atom. The summed E-state index contributed by atoms with van der Waals surface area (Å²) in [6.07, 6.45) is 3.20. The van der Waals surface area contributed by atoms with Crippen molar-refractivity contribution < 1.29 is 22.6 Å². The van der Waals surface area contributed by atoms with Gasteiger partial charge in [0.05, 0.1) is 4.92 Å². The van der Waals surface area contributed by atoms with E-state index in [2.05, 4.69) is 4.74 Å². The van der Waals surface area contributed by atoms with Gasteiger partial charge in [-0.15, -0.1) is 12.4 Å². The predicted octanol–water partition coefficient (Wildman–Crippen LogP) is 0.410. The highest BCUT2D eigenvalue weighted by molar-refractivity contribution is 7.87. The number of rotatable bonds is 3. The fourth-order valence-corrected chi connectivity index (χ4v) is 2.24. The summed E-state index contributed by atoms with van der Waals surface area (Å²) in [5.41, 5.74) is 0. The van der Waals surface area contributed by atoms with Gasteiger partial charge in [0.25, 0.3) is 0 Å². The van der Waals surface area contributed by atoms with E-state index in [0.29, 0.717) is 0 Å². The Hall–Kier alpha value is -0.960. The molecule has 0 spiro atoms. The Balaban J connectivity index is 0.00000225. The van der Waals surface area contributed by atoms with Gasteiger partial charge in [-0.25, -0.2) is 0 Å². The predicted molar refractivity (Wildman–Crippen MR) is 57.6 cm³/mol. The number of allylic oxidation sites excluding steroid dienone is 2. The molecule has 0 heterocycles. The fraction of sp³-hybridized carbons (Fsp3) is 0.429. The molecule has 0 aromatic rings. The molecule has 16 heavy (non-hydrogen) atoms. The minimum atomic E-state index is -4.91. The van der Waals surface area contributed by atoms with Gasteiger partial charge < -0.3 is 4.74 Å². The number of hydrogen-bond acceptors (Lipinski definition) is 5. The first-order valence-corrected chi connectivity index (χ1v) is 5.30. The molecule has 9 heteroatoms. The SMILES string of the molecule is COC1C=CC=CC1([N+](=O)[O-])S(=O)(=O)O.Cl. The zero-order valence-electron chi connectivity index (χ0n) is 8.14. The summed E-state index contributed by atoms with van der Waals surface area (Å²) >= 11 is 0. The third kappa shape index (κ3) is 2.09. The first-order valence-electron chi connectivity index (χ1n) is 3.86. The summed E-state index contributed by atoms with van der Waals surface area (Å²) in [6.45, 7) is 0. The summed E-state index contributed by atoms with van der Waals surface area (Å²) < 4.78 is 35.7. The second-order valence-electron chi connectivity index (χ2n) is 2.88. The van der Waals surface area contributed by atoms with Crippen LogP contribution in [-0.2, 0) is 14.9 Å². The lowest BCUT2D eigenvalue weighted by molar-refractivity contribution is -0.538. The summed E-state index contributed by atoms with van der Waals surface area (Å²) in [7, 11) is -3.79. The molecule has 1 aliphatic rings. The summed E-state index contributed by atoms with van der Waals surface area (Å²) in [4.78, 5) is 7.05. The van der Waals surface area contributed by atoms with Gasteiger partial charge >= 0.3 is 15.0 Å². The smallest absolute Gasteiger partial charge is 0.368 e. The topological polar surface area (TPSA) is 107 Å². The molecular formula is C7H10ClNO6S. The molecule has 0 aliphatic heterocycles. The van der Waals surface area contributed by atoms with Crippen molar-refractivity contribution in [3.8, 4) is 0 Å². The van der Waals surface area contributed by atoms with Crippen LogP contribution in [0.15, 0.2) is 24.3 Å². The molecule has 7 nitrogen and oxygen atoms in total. The fourth-order valence-electron chi connectivity index (χ4n) is 1.33. The van der Waals surface area contributed by atoms with Crippen LogP contribution in [0, 0.1) is 10.1 Å². The molecule has 2 unspecified atom stereocenters. The van der Waals surface area contributed by atoms with Crippen molar-refractivity contribution in [3.63, 3.8) is 0 Å². The standard InChI is InChI=1S/C7H9NO6S.ClH/c1-14-6-4-2-3-5-7(6,8(9)10)15(11,12)13;/h2-6H,1H3,(H,11,12,13);1H. The molecule has 1 N–H and O–H groups in total. The van der Waals surface area contributed by atoms with Crippen LogP contribution < -0.4 is 0 Å². The summed E-state index contributed by atoms with van der Waals surface area (Å²) in [6, 6.07) is 0. The lowest BCUT2D eigenvalue weighted by Crippen LogP contribution is -2.54. The monoisotopic (exact) mass is 271 g/mol. The van der Waals surface area contributed by atoms with E-state index < -0.39 is 26.0 Å². The van der Waals surface area contributed by atoms with Crippen LogP contribution in [-0.4, -0.2) is 36.0 Å². The van der Waals surface area contributed by atoms with Gasteiger partial charge in [0, 0.05) is 13.2 Å². The molecule has 0 aromatic heterocycles.